The van der Waals surface area contributed by atoms with Gasteiger partial charge in [-0.25, -0.2) is 4.79 Å². The molecular weight excluding hydrogens is 406 g/mol. The maximum absolute atomic E-state index is 12.7. The maximum Gasteiger partial charge on any atom is 0.321 e. The van der Waals surface area contributed by atoms with E-state index in [4.69, 9.17) is 16.4 Å². The van der Waals surface area contributed by atoms with Gasteiger partial charge in [-0.1, -0.05) is 22.8 Å². The SMILES string of the molecule is O=C(NCc1cccnc1)C1=NO[C@]2(CCCN(C(=O)Nc3ccc(Cl)cc3)C2)C1. The summed E-state index contributed by atoms with van der Waals surface area (Å²) in [6.07, 6.45) is 5.26. The standard InChI is InChI=1S/C21H22ClN5O3/c22-16-4-6-17(7-5-16)25-20(29)27-10-2-8-21(14-27)11-18(26-30-21)19(28)24-13-15-3-1-9-23-12-15/h1,3-7,9,12H,2,8,10-11,13-14H2,(H,24,28)(H,25,29)/t21-/m1/s1. The molecule has 2 aliphatic rings. The number of urea groups is 1. The molecule has 8 nitrogen and oxygen atoms in total. The van der Waals surface area contributed by atoms with Crippen LogP contribution in [0.2, 0.25) is 5.02 Å². The van der Waals surface area contributed by atoms with Crippen molar-refractivity contribution in [2.24, 2.45) is 5.16 Å². The number of nitrogens with one attached hydrogen (secondary N) is 2. The predicted octanol–water partition coefficient (Wildman–Crippen LogP) is 3.19. The summed E-state index contributed by atoms with van der Waals surface area (Å²) < 4.78 is 0. The van der Waals surface area contributed by atoms with Gasteiger partial charge in [0.25, 0.3) is 5.91 Å². The number of pyridine rings is 1. The van der Waals surface area contributed by atoms with E-state index < -0.39 is 5.60 Å². The van der Waals surface area contributed by atoms with Crippen molar-refractivity contribution in [2.45, 2.75) is 31.4 Å². The van der Waals surface area contributed by atoms with Crippen LogP contribution in [0.5, 0.6) is 0 Å². The first-order chi connectivity index (χ1) is 14.5. The lowest BCUT2D eigenvalue weighted by atomic mass is 9.88. The van der Waals surface area contributed by atoms with Crippen LogP contribution in [0.25, 0.3) is 0 Å². The first kappa shape index (κ1) is 20.2. The Hall–Kier alpha value is -3.13. The summed E-state index contributed by atoms with van der Waals surface area (Å²) in [7, 11) is 0. The molecule has 0 saturated carbocycles. The van der Waals surface area contributed by atoms with Gasteiger partial charge >= 0.3 is 6.03 Å². The van der Waals surface area contributed by atoms with Crippen LogP contribution in [-0.2, 0) is 16.2 Å². The molecule has 3 amide bonds. The molecular formula is C21H22ClN5O3. The first-order valence-electron chi connectivity index (χ1n) is 9.77. The minimum absolute atomic E-state index is 0.213. The molecule has 1 saturated heterocycles. The van der Waals surface area contributed by atoms with E-state index in [1.54, 1.807) is 41.6 Å². The van der Waals surface area contributed by atoms with E-state index in [0.717, 1.165) is 18.4 Å². The number of amides is 3. The van der Waals surface area contributed by atoms with Crippen molar-refractivity contribution in [3.05, 3.63) is 59.4 Å². The van der Waals surface area contributed by atoms with Gasteiger partial charge in [-0.05, 0) is 48.7 Å². The Kier molecular flexibility index (Phi) is 5.85. The largest absolute Gasteiger partial charge is 0.386 e. The number of anilines is 1. The van der Waals surface area contributed by atoms with E-state index >= 15 is 0 Å². The molecule has 1 atom stereocenters. The molecule has 0 radical (unpaired) electrons. The number of aromatic nitrogens is 1. The average Bonchev–Trinajstić information content (AvgIpc) is 3.17. The van der Waals surface area contributed by atoms with Gasteiger partial charge in [-0.15, -0.1) is 0 Å². The monoisotopic (exact) mass is 427 g/mol. The molecule has 0 aliphatic carbocycles. The van der Waals surface area contributed by atoms with Crippen LogP contribution in [0.15, 0.2) is 53.9 Å². The zero-order chi connectivity index (χ0) is 21.0. The fourth-order valence-electron chi connectivity index (χ4n) is 3.66. The highest BCUT2D eigenvalue weighted by Gasteiger charge is 2.45. The lowest BCUT2D eigenvalue weighted by molar-refractivity contribution is -0.115. The van der Waals surface area contributed by atoms with E-state index in [1.807, 2.05) is 12.1 Å². The van der Waals surface area contributed by atoms with Gasteiger partial charge in [0.2, 0.25) is 0 Å². The number of carbonyl (C=O) groups is 2. The number of carbonyl (C=O) groups excluding carboxylic acids is 2. The van der Waals surface area contributed by atoms with Crippen molar-refractivity contribution in [3.8, 4) is 0 Å². The van der Waals surface area contributed by atoms with E-state index in [0.29, 0.717) is 42.5 Å². The zero-order valence-corrected chi connectivity index (χ0v) is 17.1. The maximum atomic E-state index is 12.7. The van der Waals surface area contributed by atoms with Crippen LogP contribution in [0.1, 0.15) is 24.8 Å². The van der Waals surface area contributed by atoms with E-state index in [-0.39, 0.29) is 11.9 Å². The summed E-state index contributed by atoms with van der Waals surface area (Å²) in [6, 6.07) is 10.4. The summed E-state index contributed by atoms with van der Waals surface area (Å²) in [4.78, 5) is 36.6. The second-order valence-corrected chi connectivity index (χ2v) is 7.93. The third-order valence-electron chi connectivity index (χ3n) is 5.20. The van der Waals surface area contributed by atoms with Crippen LogP contribution in [0, 0.1) is 0 Å². The normalized spacial score (nSPS) is 20.4. The lowest BCUT2D eigenvalue weighted by Gasteiger charge is -2.38. The summed E-state index contributed by atoms with van der Waals surface area (Å²) in [5.41, 5.74) is 1.26. The second kappa shape index (κ2) is 8.71. The number of rotatable bonds is 4. The summed E-state index contributed by atoms with van der Waals surface area (Å²) in [5.74, 6) is -0.265. The first-order valence-corrected chi connectivity index (χ1v) is 10.1. The van der Waals surface area contributed by atoms with Crippen molar-refractivity contribution in [3.63, 3.8) is 0 Å². The van der Waals surface area contributed by atoms with Crippen LogP contribution < -0.4 is 10.6 Å². The van der Waals surface area contributed by atoms with Crippen LogP contribution >= 0.6 is 11.6 Å². The van der Waals surface area contributed by atoms with Crippen molar-refractivity contribution < 1.29 is 14.4 Å². The van der Waals surface area contributed by atoms with Crippen molar-refractivity contribution in [2.75, 3.05) is 18.4 Å². The second-order valence-electron chi connectivity index (χ2n) is 7.50. The Morgan fingerprint density at radius 3 is 2.83 bits per heavy atom. The quantitative estimate of drug-likeness (QED) is 0.783. The molecule has 1 aromatic heterocycles. The summed E-state index contributed by atoms with van der Waals surface area (Å²) in [5, 5.41) is 10.3. The molecule has 0 bridgehead atoms. The van der Waals surface area contributed by atoms with E-state index in [9.17, 15) is 9.59 Å². The van der Waals surface area contributed by atoms with Crippen molar-refractivity contribution in [1.29, 1.82) is 0 Å². The number of hydrogen-bond donors (Lipinski definition) is 2. The Labute approximate surface area is 179 Å². The molecule has 2 N–H and O–H groups in total. The van der Waals surface area contributed by atoms with Crippen LogP contribution in [0.3, 0.4) is 0 Å². The Morgan fingerprint density at radius 1 is 1.23 bits per heavy atom. The number of oxime groups is 1. The van der Waals surface area contributed by atoms with Gasteiger partial charge in [-0.2, -0.15) is 0 Å². The van der Waals surface area contributed by atoms with Crippen LogP contribution in [-0.4, -0.2) is 46.2 Å². The highest BCUT2D eigenvalue weighted by molar-refractivity contribution is 6.39. The Bertz CT molecular complexity index is 951. The smallest absolute Gasteiger partial charge is 0.321 e. The van der Waals surface area contributed by atoms with Crippen LogP contribution in [0.4, 0.5) is 10.5 Å². The molecule has 2 aromatic rings. The molecule has 1 spiro atoms. The number of nitrogens with zero attached hydrogens (tertiary/aromatic N) is 3. The number of benzene rings is 1. The van der Waals surface area contributed by atoms with E-state index in [2.05, 4.69) is 20.8 Å². The third kappa shape index (κ3) is 4.71. The van der Waals surface area contributed by atoms with Crippen molar-refractivity contribution >= 4 is 34.9 Å². The average molecular weight is 428 g/mol. The summed E-state index contributed by atoms with van der Waals surface area (Å²) in [6.45, 7) is 1.36. The zero-order valence-electron chi connectivity index (χ0n) is 16.3. The molecule has 9 heteroatoms. The molecule has 1 fully saturated rings. The predicted molar refractivity (Wildman–Crippen MR) is 113 cm³/mol. The molecule has 3 heterocycles. The number of hydrogen-bond acceptors (Lipinski definition) is 5. The molecule has 2 aliphatic heterocycles. The van der Waals surface area contributed by atoms with Gasteiger partial charge in [0, 0.05) is 42.6 Å². The van der Waals surface area contributed by atoms with Gasteiger partial charge in [0.15, 0.2) is 5.60 Å². The lowest BCUT2D eigenvalue weighted by Crippen LogP contribution is -2.52. The van der Waals surface area contributed by atoms with Crippen molar-refractivity contribution in [1.82, 2.24) is 15.2 Å². The number of piperidine rings is 1. The van der Waals surface area contributed by atoms with E-state index in [1.165, 1.54) is 0 Å². The Morgan fingerprint density at radius 2 is 2.07 bits per heavy atom. The summed E-state index contributed by atoms with van der Waals surface area (Å²) >= 11 is 5.89. The molecule has 30 heavy (non-hydrogen) atoms. The molecule has 1 aromatic carbocycles. The Balaban J connectivity index is 1.32. The number of likely N-dealkylation sites (tertiary alicyclic amines) is 1. The molecule has 4 rings (SSSR count). The third-order valence-corrected chi connectivity index (χ3v) is 5.45. The van der Waals surface area contributed by atoms with Gasteiger partial charge in [0.05, 0.1) is 6.54 Å². The topological polar surface area (TPSA) is 95.9 Å². The van der Waals surface area contributed by atoms with Gasteiger partial charge in [-0.3, -0.25) is 9.78 Å². The minimum atomic E-state index is -0.656. The molecule has 156 valence electrons. The minimum Gasteiger partial charge on any atom is -0.386 e. The van der Waals surface area contributed by atoms with Gasteiger partial charge < -0.3 is 20.4 Å². The van der Waals surface area contributed by atoms with Gasteiger partial charge in [0.1, 0.15) is 5.71 Å². The highest BCUT2D eigenvalue weighted by Crippen LogP contribution is 2.33. The highest BCUT2D eigenvalue weighted by atomic mass is 35.5. The fraction of sp³-hybridized carbons (Fsp3) is 0.333. The molecule has 0 unspecified atom stereocenters. The number of halogens is 1. The fourth-order valence-corrected chi connectivity index (χ4v) is 3.78.